The smallest absolute Gasteiger partial charge is 0.258 e. The fourth-order valence-corrected chi connectivity index (χ4v) is 5.32. The van der Waals surface area contributed by atoms with Gasteiger partial charge in [0.15, 0.2) is 5.72 Å². The van der Waals surface area contributed by atoms with Crippen LogP contribution in [0.2, 0.25) is 0 Å². The van der Waals surface area contributed by atoms with E-state index in [1.54, 1.807) is 10.7 Å². The number of ether oxygens (including phenoxy) is 1. The minimum Gasteiger partial charge on any atom is -0.343 e. The van der Waals surface area contributed by atoms with Crippen molar-refractivity contribution in [2.24, 2.45) is 0 Å². The Kier molecular flexibility index (Phi) is 3.62. The van der Waals surface area contributed by atoms with Crippen LogP contribution < -0.4 is 0 Å². The van der Waals surface area contributed by atoms with Crippen LogP contribution in [0.25, 0.3) is 5.52 Å². The molecule has 0 saturated carbocycles. The molecule has 0 bridgehead atoms. The summed E-state index contributed by atoms with van der Waals surface area (Å²) in [4.78, 5) is 30.0. The van der Waals surface area contributed by atoms with Crippen LogP contribution in [0.4, 0.5) is 0 Å². The van der Waals surface area contributed by atoms with Crippen molar-refractivity contribution < 1.29 is 14.3 Å². The van der Waals surface area contributed by atoms with Crippen LogP contribution in [0.5, 0.6) is 0 Å². The number of benzene rings is 1. The molecule has 1 aromatic carbocycles. The average Bonchev–Trinajstić information content (AvgIpc) is 3.48. The minimum atomic E-state index is -0.715. The number of carbonyl (C=O) groups excluding carboxylic acids is 2. The SMILES string of the molecule is Cc1ccc2c(C(=O)N3CC[C@@]45O[C@@H](c6ccccc6)CN4C(=O)C[C@@H]35)cnn2c1. The average molecular weight is 402 g/mol. The topological polar surface area (TPSA) is 67.2 Å². The summed E-state index contributed by atoms with van der Waals surface area (Å²) in [6, 6.07) is 13.6. The van der Waals surface area contributed by atoms with E-state index in [1.807, 2.05) is 65.4 Å². The van der Waals surface area contributed by atoms with Crippen molar-refractivity contribution in [1.82, 2.24) is 19.4 Å². The largest absolute Gasteiger partial charge is 0.343 e. The van der Waals surface area contributed by atoms with Crippen molar-refractivity contribution in [2.75, 3.05) is 13.1 Å². The molecule has 3 saturated heterocycles. The van der Waals surface area contributed by atoms with E-state index in [0.29, 0.717) is 31.5 Å². The normalized spacial score (nSPS) is 27.7. The van der Waals surface area contributed by atoms with Gasteiger partial charge in [0.05, 0.1) is 36.3 Å². The molecule has 30 heavy (non-hydrogen) atoms. The standard InChI is InChI=1S/C23H22N4O3/c1-15-7-8-18-17(12-24-27(18)13-15)22(29)25-10-9-23-20(25)11-21(28)26(23)14-19(30-23)16-5-3-2-4-6-16/h2-8,12-13,19-20H,9-11,14H2,1H3/t19-,20-,23+/m1/s1. The van der Waals surface area contributed by atoms with Crippen LogP contribution in [-0.2, 0) is 9.53 Å². The number of amides is 2. The van der Waals surface area contributed by atoms with E-state index in [1.165, 1.54) is 0 Å². The van der Waals surface area contributed by atoms with Gasteiger partial charge >= 0.3 is 0 Å². The lowest BCUT2D eigenvalue weighted by molar-refractivity contribution is -0.138. The van der Waals surface area contributed by atoms with E-state index < -0.39 is 5.72 Å². The number of rotatable bonds is 2. The van der Waals surface area contributed by atoms with Gasteiger partial charge in [-0.1, -0.05) is 36.4 Å². The first kappa shape index (κ1) is 17.7. The second kappa shape index (κ2) is 6.15. The summed E-state index contributed by atoms with van der Waals surface area (Å²) in [5, 5.41) is 4.35. The number of likely N-dealkylation sites (tertiary alicyclic amines) is 1. The van der Waals surface area contributed by atoms with Crippen LogP contribution in [0.15, 0.2) is 54.9 Å². The van der Waals surface area contributed by atoms with E-state index in [4.69, 9.17) is 4.74 Å². The monoisotopic (exact) mass is 402 g/mol. The molecule has 7 nitrogen and oxygen atoms in total. The van der Waals surface area contributed by atoms with Gasteiger partial charge in [-0.05, 0) is 24.1 Å². The van der Waals surface area contributed by atoms with Crippen molar-refractivity contribution in [2.45, 2.75) is 37.6 Å². The summed E-state index contributed by atoms with van der Waals surface area (Å²) in [6.45, 7) is 3.10. The molecule has 0 unspecified atom stereocenters. The molecule has 7 heteroatoms. The maximum absolute atomic E-state index is 13.5. The maximum Gasteiger partial charge on any atom is 0.258 e. The van der Waals surface area contributed by atoms with Crippen molar-refractivity contribution >= 4 is 17.3 Å². The first-order chi connectivity index (χ1) is 14.6. The second-order valence-corrected chi connectivity index (χ2v) is 8.43. The molecule has 3 fully saturated rings. The molecule has 0 N–H and O–H groups in total. The molecule has 0 aliphatic carbocycles. The molecular weight excluding hydrogens is 380 g/mol. The third-order valence-electron chi connectivity index (χ3n) is 6.76. The summed E-state index contributed by atoms with van der Waals surface area (Å²) < 4.78 is 8.28. The second-order valence-electron chi connectivity index (χ2n) is 8.43. The molecule has 3 aromatic rings. The Morgan fingerprint density at radius 1 is 1.20 bits per heavy atom. The molecule has 6 rings (SSSR count). The highest BCUT2D eigenvalue weighted by molar-refractivity contribution is 6.01. The number of aryl methyl sites for hydroxylation is 1. The lowest BCUT2D eigenvalue weighted by Crippen LogP contribution is -2.48. The van der Waals surface area contributed by atoms with Crippen molar-refractivity contribution in [3.8, 4) is 0 Å². The van der Waals surface area contributed by atoms with Crippen LogP contribution >= 0.6 is 0 Å². The van der Waals surface area contributed by atoms with E-state index in [0.717, 1.165) is 16.6 Å². The lowest BCUT2D eigenvalue weighted by Gasteiger charge is -2.31. The number of pyridine rings is 1. The zero-order valence-corrected chi connectivity index (χ0v) is 16.7. The van der Waals surface area contributed by atoms with Gasteiger partial charge in [0.2, 0.25) is 5.91 Å². The molecule has 3 aliphatic rings. The predicted molar refractivity (Wildman–Crippen MR) is 109 cm³/mol. The Morgan fingerprint density at radius 3 is 2.87 bits per heavy atom. The predicted octanol–water partition coefficient (Wildman–Crippen LogP) is 2.56. The van der Waals surface area contributed by atoms with Crippen LogP contribution in [0.3, 0.4) is 0 Å². The third-order valence-corrected chi connectivity index (χ3v) is 6.76. The highest BCUT2D eigenvalue weighted by Gasteiger charge is 2.65. The quantitative estimate of drug-likeness (QED) is 0.661. The Morgan fingerprint density at radius 2 is 2.03 bits per heavy atom. The Bertz CT molecular complexity index is 1170. The molecule has 2 aromatic heterocycles. The number of aromatic nitrogens is 2. The third kappa shape index (κ3) is 2.32. The van der Waals surface area contributed by atoms with Gasteiger partial charge in [0, 0.05) is 19.2 Å². The van der Waals surface area contributed by atoms with E-state index in [-0.39, 0.29) is 24.0 Å². The molecule has 1 spiro atoms. The number of carbonyl (C=O) groups is 2. The Balaban J connectivity index is 1.33. The molecule has 3 atom stereocenters. The van der Waals surface area contributed by atoms with Crippen LogP contribution in [0.1, 0.15) is 40.4 Å². The number of hydrogen-bond acceptors (Lipinski definition) is 4. The molecule has 152 valence electrons. The number of hydrogen-bond donors (Lipinski definition) is 0. The van der Waals surface area contributed by atoms with Gasteiger partial charge in [-0.3, -0.25) is 9.59 Å². The zero-order chi connectivity index (χ0) is 20.5. The molecule has 2 amide bonds. The van der Waals surface area contributed by atoms with Gasteiger partial charge in [0.1, 0.15) is 6.10 Å². The van der Waals surface area contributed by atoms with Crippen molar-refractivity contribution in [1.29, 1.82) is 0 Å². The number of fused-ring (bicyclic) bond motifs is 1. The fourth-order valence-electron chi connectivity index (χ4n) is 5.32. The van der Waals surface area contributed by atoms with Gasteiger partial charge < -0.3 is 14.5 Å². The summed E-state index contributed by atoms with van der Waals surface area (Å²) in [6.07, 6.45) is 4.32. The van der Waals surface area contributed by atoms with Gasteiger partial charge in [-0.2, -0.15) is 5.10 Å². The van der Waals surface area contributed by atoms with Crippen molar-refractivity contribution in [3.05, 3.63) is 71.5 Å². The van der Waals surface area contributed by atoms with E-state index in [2.05, 4.69) is 5.10 Å². The first-order valence-corrected chi connectivity index (χ1v) is 10.3. The van der Waals surface area contributed by atoms with Gasteiger partial charge in [0.25, 0.3) is 5.91 Å². The Hall–Kier alpha value is -3.19. The summed E-state index contributed by atoms with van der Waals surface area (Å²) in [7, 11) is 0. The van der Waals surface area contributed by atoms with Crippen LogP contribution in [-0.4, -0.2) is 56.1 Å². The molecule has 3 aliphatic heterocycles. The summed E-state index contributed by atoms with van der Waals surface area (Å²) in [5.74, 6) is -0.0245. The highest BCUT2D eigenvalue weighted by atomic mass is 16.5. The van der Waals surface area contributed by atoms with E-state index in [9.17, 15) is 9.59 Å². The van der Waals surface area contributed by atoms with Crippen LogP contribution in [0, 0.1) is 6.92 Å². The van der Waals surface area contributed by atoms with Gasteiger partial charge in [-0.25, -0.2) is 4.52 Å². The minimum absolute atomic E-state index is 0.0615. The molecule has 0 radical (unpaired) electrons. The van der Waals surface area contributed by atoms with Crippen molar-refractivity contribution in [3.63, 3.8) is 0 Å². The fraction of sp³-hybridized carbons (Fsp3) is 0.348. The lowest BCUT2D eigenvalue weighted by atomic mass is 10.1. The highest BCUT2D eigenvalue weighted by Crippen LogP contribution is 2.50. The Labute approximate surface area is 173 Å². The summed E-state index contributed by atoms with van der Waals surface area (Å²) >= 11 is 0. The number of nitrogens with zero attached hydrogens (tertiary/aromatic N) is 4. The summed E-state index contributed by atoms with van der Waals surface area (Å²) in [5.41, 5.74) is 2.77. The molecule has 5 heterocycles. The molecular formula is C23H22N4O3. The van der Waals surface area contributed by atoms with Gasteiger partial charge in [-0.15, -0.1) is 0 Å². The maximum atomic E-state index is 13.5. The van der Waals surface area contributed by atoms with E-state index >= 15 is 0 Å². The zero-order valence-electron chi connectivity index (χ0n) is 16.7. The first-order valence-electron chi connectivity index (χ1n) is 10.3.